The predicted molar refractivity (Wildman–Crippen MR) is 99.2 cm³/mol. The maximum absolute atomic E-state index is 12.1. The van der Waals surface area contributed by atoms with Crippen molar-refractivity contribution in [2.75, 3.05) is 0 Å². The van der Waals surface area contributed by atoms with Crippen LogP contribution < -0.4 is 5.56 Å². The van der Waals surface area contributed by atoms with Gasteiger partial charge in [-0.3, -0.25) is 9.20 Å². The minimum atomic E-state index is -0.498. The molecule has 3 aromatic rings. The Bertz CT molecular complexity index is 1020. The molecular weight excluding hydrogens is 384 g/mol. The molecule has 0 amide bonds. The monoisotopic (exact) mass is 398 g/mol. The molecule has 6 heteroatoms. The van der Waals surface area contributed by atoms with E-state index in [2.05, 4.69) is 20.9 Å². The largest absolute Gasteiger partial charge is 0.456 e. The third-order valence-corrected chi connectivity index (χ3v) is 4.25. The molecule has 0 aliphatic carbocycles. The summed E-state index contributed by atoms with van der Waals surface area (Å²) in [7, 11) is 0. The summed E-state index contributed by atoms with van der Waals surface area (Å²) in [5, 5.41) is 0. The lowest BCUT2D eigenvalue weighted by atomic mass is 10.2. The number of hydrogen-bond acceptors (Lipinski definition) is 4. The van der Waals surface area contributed by atoms with Crippen LogP contribution in [0.1, 0.15) is 16.8 Å². The number of carbonyl (C=O) groups is 1. The van der Waals surface area contributed by atoms with E-state index in [1.54, 1.807) is 18.3 Å². The van der Waals surface area contributed by atoms with Gasteiger partial charge in [-0.25, -0.2) is 9.78 Å². The van der Waals surface area contributed by atoms with Gasteiger partial charge in [-0.2, -0.15) is 0 Å². The number of hydrogen-bond donors (Lipinski definition) is 0. The van der Waals surface area contributed by atoms with Gasteiger partial charge in [-0.15, -0.1) is 0 Å². The van der Waals surface area contributed by atoms with E-state index in [0.717, 1.165) is 15.6 Å². The maximum atomic E-state index is 12.1. The summed E-state index contributed by atoms with van der Waals surface area (Å²) >= 11 is 3.41. The molecule has 0 unspecified atom stereocenters. The van der Waals surface area contributed by atoms with E-state index in [9.17, 15) is 9.59 Å². The van der Waals surface area contributed by atoms with Gasteiger partial charge >= 0.3 is 5.97 Å². The Labute approximate surface area is 152 Å². The van der Waals surface area contributed by atoms with Gasteiger partial charge in [0.25, 0.3) is 5.56 Å². The van der Waals surface area contributed by atoms with E-state index in [4.69, 9.17) is 4.74 Å². The van der Waals surface area contributed by atoms with Gasteiger partial charge in [-0.1, -0.05) is 40.2 Å². The van der Waals surface area contributed by atoms with E-state index >= 15 is 0 Å². The lowest BCUT2D eigenvalue weighted by Crippen LogP contribution is -2.16. The summed E-state index contributed by atoms with van der Waals surface area (Å²) in [5.74, 6) is -0.498. The molecule has 0 aliphatic rings. The van der Waals surface area contributed by atoms with Crippen molar-refractivity contribution in [3.63, 3.8) is 0 Å². The number of aromatic nitrogens is 2. The number of pyridine rings is 1. The van der Waals surface area contributed by atoms with Gasteiger partial charge in [0, 0.05) is 22.8 Å². The summed E-state index contributed by atoms with van der Waals surface area (Å²) in [6, 6.07) is 12.5. The molecule has 2 aromatic heterocycles. The fourth-order valence-electron chi connectivity index (χ4n) is 2.29. The zero-order valence-corrected chi connectivity index (χ0v) is 15.1. The van der Waals surface area contributed by atoms with Crippen LogP contribution in [0.5, 0.6) is 0 Å². The number of rotatable bonds is 4. The van der Waals surface area contributed by atoms with Crippen molar-refractivity contribution in [1.29, 1.82) is 0 Å². The van der Waals surface area contributed by atoms with Crippen LogP contribution in [0.25, 0.3) is 11.7 Å². The van der Waals surface area contributed by atoms with Crippen molar-refractivity contribution in [3.05, 3.63) is 86.4 Å². The Balaban J connectivity index is 1.70. The topological polar surface area (TPSA) is 60.7 Å². The number of halogens is 1. The molecule has 0 N–H and O–H groups in total. The van der Waals surface area contributed by atoms with Crippen LogP contribution in [0.15, 0.2) is 64.0 Å². The smallest absolute Gasteiger partial charge is 0.331 e. The second-order valence-corrected chi connectivity index (χ2v) is 6.34. The summed E-state index contributed by atoms with van der Waals surface area (Å²) in [4.78, 5) is 28.3. The van der Waals surface area contributed by atoms with Crippen molar-refractivity contribution < 1.29 is 9.53 Å². The number of benzene rings is 1. The first kappa shape index (κ1) is 17.1. The fourth-order valence-corrected chi connectivity index (χ4v) is 2.71. The van der Waals surface area contributed by atoms with Gasteiger partial charge in [0.2, 0.25) is 0 Å². The summed E-state index contributed by atoms with van der Waals surface area (Å²) in [6.07, 6.45) is 4.73. The molecule has 0 bridgehead atoms. The van der Waals surface area contributed by atoms with Crippen LogP contribution in [0.4, 0.5) is 0 Å². The Morgan fingerprint density at radius 3 is 2.88 bits per heavy atom. The Kier molecular flexibility index (Phi) is 5.09. The average molecular weight is 399 g/mol. The predicted octanol–water partition coefficient (Wildman–Crippen LogP) is 3.52. The highest BCUT2D eigenvalue weighted by molar-refractivity contribution is 9.10. The zero-order valence-electron chi connectivity index (χ0n) is 13.5. The fraction of sp³-hybridized carbons (Fsp3) is 0.105. The second kappa shape index (κ2) is 7.44. The van der Waals surface area contributed by atoms with Crippen LogP contribution in [-0.4, -0.2) is 15.4 Å². The molecule has 1 aromatic carbocycles. The van der Waals surface area contributed by atoms with Gasteiger partial charge in [0.05, 0.1) is 5.69 Å². The molecule has 0 atom stereocenters. The van der Waals surface area contributed by atoms with E-state index in [1.165, 1.54) is 16.5 Å². The van der Waals surface area contributed by atoms with Crippen LogP contribution in [0.2, 0.25) is 0 Å². The minimum Gasteiger partial charge on any atom is -0.456 e. The molecule has 0 aliphatic heterocycles. The molecule has 2 heterocycles. The van der Waals surface area contributed by atoms with Crippen molar-refractivity contribution >= 4 is 33.6 Å². The van der Waals surface area contributed by atoms with Crippen molar-refractivity contribution in [2.45, 2.75) is 13.5 Å². The van der Waals surface area contributed by atoms with Gasteiger partial charge in [-0.05, 0) is 36.3 Å². The number of nitrogens with zero attached hydrogens (tertiary/aromatic N) is 2. The average Bonchev–Trinajstić information content (AvgIpc) is 2.60. The molecular formula is C19H15BrN2O3. The highest BCUT2D eigenvalue weighted by atomic mass is 79.9. The van der Waals surface area contributed by atoms with Crippen molar-refractivity contribution in [1.82, 2.24) is 9.38 Å². The quantitative estimate of drug-likeness (QED) is 0.498. The highest BCUT2D eigenvalue weighted by Crippen LogP contribution is 2.17. The summed E-state index contributed by atoms with van der Waals surface area (Å²) < 4.78 is 7.52. The van der Waals surface area contributed by atoms with Gasteiger partial charge in [0.15, 0.2) is 0 Å². The maximum Gasteiger partial charge on any atom is 0.331 e. The number of fused-ring (bicyclic) bond motifs is 1. The first-order chi connectivity index (χ1) is 12.0. The third-order valence-electron chi connectivity index (χ3n) is 3.53. The molecule has 0 saturated carbocycles. The van der Waals surface area contributed by atoms with Crippen LogP contribution in [-0.2, 0) is 16.1 Å². The standard InChI is InChI=1S/C19H15BrN2O3/c1-13-6-8-17-21-15(10-18(23)22(17)11-13)12-25-19(24)9-7-14-4-2-3-5-16(14)20/h2-11H,12H2,1H3/b9-7+. The molecule has 0 fully saturated rings. The van der Waals surface area contributed by atoms with Gasteiger partial charge < -0.3 is 4.74 Å². The molecule has 0 spiro atoms. The Hall–Kier alpha value is -2.73. The highest BCUT2D eigenvalue weighted by Gasteiger charge is 2.05. The molecule has 5 nitrogen and oxygen atoms in total. The van der Waals surface area contributed by atoms with E-state index < -0.39 is 5.97 Å². The summed E-state index contributed by atoms with van der Waals surface area (Å²) in [5.41, 5.74) is 2.57. The number of ether oxygens (including phenoxy) is 1. The van der Waals surface area contributed by atoms with Crippen molar-refractivity contribution in [2.24, 2.45) is 0 Å². The molecule has 0 radical (unpaired) electrons. The van der Waals surface area contributed by atoms with Gasteiger partial charge in [0.1, 0.15) is 12.3 Å². The number of carbonyl (C=O) groups excluding carboxylic acids is 1. The molecule has 126 valence electrons. The van der Waals surface area contributed by atoms with E-state index in [1.807, 2.05) is 37.3 Å². The zero-order chi connectivity index (χ0) is 17.8. The van der Waals surface area contributed by atoms with Crippen LogP contribution in [0.3, 0.4) is 0 Å². The SMILES string of the molecule is Cc1ccc2nc(COC(=O)/C=C/c3ccccc3Br)cc(=O)n2c1. The lowest BCUT2D eigenvalue weighted by Gasteiger charge is -2.05. The molecule has 3 rings (SSSR count). The first-order valence-corrected chi connectivity index (χ1v) is 8.40. The van der Waals surface area contributed by atoms with Crippen LogP contribution in [0, 0.1) is 6.92 Å². The normalized spacial score (nSPS) is 11.1. The Morgan fingerprint density at radius 2 is 2.08 bits per heavy atom. The Morgan fingerprint density at radius 1 is 1.28 bits per heavy atom. The van der Waals surface area contributed by atoms with E-state index in [-0.39, 0.29) is 12.2 Å². The summed E-state index contributed by atoms with van der Waals surface area (Å²) in [6.45, 7) is 1.84. The van der Waals surface area contributed by atoms with Crippen LogP contribution >= 0.6 is 15.9 Å². The number of esters is 1. The third kappa shape index (κ3) is 4.22. The molecule has 25 heavy (non-hydrogen) atoms. The van der Waals surface area contributed by atoms with E-state index in [0.29, 0.717) is 11.3 Å². The molecule has 0 saturated heterocycles. The minimum absolute atomic E-state index is 0.0568. The number of aryl methyl sites for hydroxylation is 1. The first-order valence-electron chi connectivity index (χ1n) is 7.61. The lowest BCUT2D eigenvalue weighted by molar-refractivity contribution is -0.139. The van der Waals surface area contributed by atoms with Crippen molar-refractivity contribution in [3.8, 4) is 0 Å². The second-order valence-electron chi connectivity index (χ2n) is 5.48.